The van der Waals surface area contributed by atoms with Gasteiger partial charge in [-0.1, -0.05) is 12.1 Å². The van der Waals surface area contributed by atoms with Crippen LogP contribution in [0.2, 0.25) is 0 Å². The molecule has 0 amide bonds. The molecule has 17 heavy (non-hydrogen) atoms. The van der Waals surface area contributed by atoms with Crippen LogP contribution in [0.25, 0.3) is 0 Å². The van der Waals surface area contributed by atoms with E-state index in [1.54, 1.807) is 11.3 Å². The Morgan fingerprint density at radius 2 is 2.47 bits per heavy atom. The third-order valence-corrected chi connectivity index (χ3v) is 5.22. The summed E-state index contributed by atoms with van der Waals surface area (Å²) in [5, 5.41) is 14.5. The Labute approximate surface area is 114 Å². The number of hydrogen-bond acceptors (Lipinski definition) is 4. The fourth-order valence-electron chi connectivity index (χ4n) is 2.27. The number of piperidine rings is 1. The second-order valence-corrected chi connectivity index (χ2v) is 6.23. The van der Waals surface area contributed by atoms with Crippen LogP contribution in [-0.2, 0) is 6.54 Å². The van der Waals surface area contributed by atoms with Crippen LogP contribution >= 0.6 is 27.3 Å². The van der Waals surface area contributed by atoms with Gasteiger partial charge < -0.3 is 5.21 Å². The molecule has 5 heteroatoms. The number of oxime groups is 1. The lowest BCUT2D eigenvalue weighted by molar-refractivity contribution is 0.221. The molecule has 0 radical (unpaired) electrons. The van der Waals surface area contributed by atoms with Gasteiger partial charge >= 0.3 is 0 Å². The summed E-state index contributed by atoms with van der Waals surface area (Å²) in [5.74, 6) is 0.410. The van der Waals surface area contributed by atoms with Crippen molar-refractivity contribution in [2.75, 3.05) is 13.1 Å². The lowest BCUT2D eigenvalue weighted by Gasteiger charge is -2.32. The molecule has 1 aliphatic heterocycles. The minimum Gasteiger partial charge on any atom is -0.411 e. The van der Waals surface area contributed by atoms with Crippen molar-refractivity contribution in [2.24, 2.45) is 11.1 Å². The van der Waals surface area contributed by atoms with Crippen LogP contribution in [0, 0.1) is 5.92 Å². The summed E-state index contributed by atoms with van der Waals surface area (Å²) in [6, 6.07) is 2.10. The zero-order chi connectivity index (χ0) is 12.3. The highest BCUT2D eigenvalue weighted by Crippen LogP contribution is 2.26. The summed E-state index contributed by atoms with van der Waals surface area (Å²) < 4.78 is 1.21. The van der Waals surface area contributed by atoms with Crippen LogP contribution in [0.1, 0.15) is 24.6 Å². The van der Waals surface area contributed by atoms with Crippen molar-refractivity contribution in [3.63, 3.8) is 0 Å². The molecule has 1 aromatic heterocycles. The molecule has 3 nitrogen and oxygen atoms in total. The highest BCUT2D eigenvalue weighted by Gasteiger charge is 2.25. The number of hydrogen-bond donors (Lipinski definition) is 1. The zero-order valence-electron chi connectivity index (χ0n) is 9.90. The average Bonchev–Trinajstić information content (AvgIpc) is 2.75. The zero-order valence-corrected chi connectivity index (χ0v) is 12.3. The Bertz CT molecular complexity index is 405. The lowest BCUT2D eigenvalue weighted by atomic mass is 9.93. The molecule has 1 fully saturated rings. The van der Waals surface area contributed by atoms with E-state index in [0.717, 1.165) is 38.2 Å². The first-order valence-electron chi connectivity index (χ1n) is 5.89. The van der Waals surface area contributed by atoms with Crippen LogP contribution in [0.3, 0.4) is 0 Å². The van der Waals surface area contributed by atoms with Crippen LogP contribution < -0.4 is 0 Å². The monoisotopic (exact) mass is 316 g/mol. The summed E-state index contributed by atoms with van der Waals surface area (Å²) in [6.07, 6.45) is 1.93. The first-order valence-corrected chi connectivity index (χ1v) is 7.57. The van der Waals surface area contributed by atoms with E-state index in [-0.39, 0.29) is 0 Å². The van der Waals surface area contributed by atoms with E-state index < -0.39 is 0 Å². The van der Waals surface area contributed by atoms with Gasteiger partial charge in [0.25, 0.3) is 0 Å². The molecule has 0 aromatic carbocycles. The molecule has 0 spiro atoms. The van der Waals surface area contributed by atoms with Crippen LogP contribution in [0.15, 0.2) is 21.1 Å². The first-order chi connectivity index (χ1) is 8.24. The van der Waals surface area contributed by atoms with Gasteiger partial charge in [0, 0.05) is 41.3 Å². The molecular weight excluding hydrogens is 300 g/mol. The third kappa shape index (κ3) is 3.09. The van der Waals surface area contributed by atoms with E-state index in [4.69, 9.17) is 5.21 Å². The van der Waals surface area contributed by atoms with Gasteiger partial charge in [-0.2, -0.15) is 0 Å². The Kier molecular flexibility index (Phi) is 4.59. The maximum absolute atomic E-state index is 8.94. The molecule has 1 aromatic rings. The summed E-state index contributed by atoms with van der Waals surface area (Å²) >= 11 is 5.36. The molecule has 1 aliphatic rings. The summed E-state index contributed by atoms with van der Waals surface area (Å²) in [6.45, 7) is 5.13. The predicted molar refractivity (Wildman–Crippen MR) is 74.9 cm³/mol. The van der Waals surface area contributed by atoms with Gasteiger partial charge in [-0.05, 0) is 33.8 Å². The van der Waals surface area contributed by atoms with Crippen molar-refractivity contribution in [3.8, 4) is 0 Å². The van der Waals surface area contributed by atoms with E-state index in [1.165, 1.54) is 9.35 Å². The maximum Gasteiger partial charge on any atom is 0.0627 e. The third-order valence-electron chi connectivity index (χ3n) is 3.31. The van der Waals surface area contributed by atoms with Crippen molar-refractivity contribution in [2.45, 2.75) is 26.3 Å². The van der Waals surface area contributed by atoms with Gasteiger partial charge in [-0.3, -0.25) is 4.90 Å². The van der Waals surface area contributed by atoms with E-state index >= 15 is 0 Å². The van der Waals surface area contributed by atoms with Crippen molar-refractivity contribution in [1.29, 1.82) is 0 Å². The standard InChI is InChI=1S/C12H17BrN2OS/c1-2-9-7-15(5-3-11(9)14-16)8-12-10(13)4-6-17-12/h4,6,9,16H,2-3,5,7-8H2,1H3/b14-11+. The molecule has 1 atom stereocenters. The van der Waals surface area contributed by atoms with Crippen molar-refractivity contribution < 1.29 is 5.21 Å². The van der Waals surface area contributed by atoms with Gasteiger partial charge in [-0.15, -0.1) is 11.3 Å². The van der Waals surface area contributed by atoms with Gasteiger partial charge in [0.2, 0.25) is 0 Å². The molecule has 2 heterocycles. The lowest BCUT2D eigenvalue weighted by Crippen LogP contribution is -2.40. The minimum absolute atomic E-state index is 0.410. The van der Waals surface area contributed by atoms with Crippen molar-refractivity contribution in [1.82, 2.24) is 4.90 Å². The van der Waals surface area contributed by atoms with E-state index in [2.05, 4.69) is 44.4 Å². The summed E-state index contributed by atoms with van der Waals surface area (Å²) in [5.41, 5.74) is 0.967. The van der Waals surface area contributed by atoms with E-state index in [0.29, 0.717) is 5.92 Å². The van der Waals surface area contributed by atoms with Crippen molar-refractivity contribution >= 4 is 33.0 Å². The first kappa shape index (κ1) is 13.1. The summed E-state index contributed by atoms with van der Waals surface area (Å²) in [4.78, 5) is 3.82. The molecule has 1 N–H and O–H groups in total. The highest BCUT2D eigenvalue weighted by atomic mass is 79.9. The topological polar surface area (TPSA) is 35.8 Å². The van der Waals surface area contributed by atoms with E-state index in [9.17, 15) is 0 Å². The smallest absolute Gasteiger partial charge is 0.0627 e. The highest BCUT2D eigenvalue weighted by molar-refractivity contribution is 9.10. The number of nitrogens with zero attached hydrogens (tertiary/aromatic N) is 2. The van der Waals surface area contributed by atoms with E-state index in [1.807, 2.05) is 0 Å². The number of likely N-dealkylation sites (tertiary alicyclic amines) is 1. The Morgan fingerprint density at radius 1 is 1.65 bits per heavy atom. The van der Waals surface area contributed by atoms with Crippen LogP contribution in [0.5, 0.6) is 0 Å². The molecule has 0 aliphatic carbocycles. The molecule has 1 unspecified atom stereocenters. The molecular formula is C12H17BrN2OS. The average molecular weight is 317 g/mol. The largest absolute Gasteiger partial charge is 0.411 e. The molecule has 2 rings (SSSR count). The summed E-state index contributed by atoms with van der Waals surface area (Å²) in [7, 11) is 0. The predicted octanol–water partition coefficient (Wildman–Crippen LogP) is 3.57. The Morgan fingerprint density at radius 3 is 3.06 bits per heavy atom. The fraction of sp³-hybridized carbons (Fsp3) is 0.583. The van der Waals surface area contributed by atoms with Crippen LogP contribution in [-0.4, -0.2) is 28.9 Å². The second kappa shape index (κ2) is 5.98. The van der Waals surface area contributed by atoms with Crippen LogP contribution in [0.4, 0.5) is 0 Å². The van der Waals surface area contributed by atoms with Crippen molar-refractivity contribution in [3.05, 3.63) is 20.8 Å². The fourth-order valence-corrected chi connectivity index (χ4v) is 3.79. The number of thiophene rings is 1. The number of rotatable bonds is 3. The quantitative estimate of drug-likeness (QED) is 0.683. The van der Waals surface area contributed by atoms with Gasteiger partial charge in [-0.25, -0.2) is 0 Å². The van der Waals surface area contributed by atoms with Gasteiger partial charge in [0.15, 0.2) is 0 Å². The van der Waals surface area contributed by atoms with Gasteiger partial charge in [0.05, 0.1) is 5.71 Å². The second-order valence-electron chi connectivity index (χ2n) is 4.37. The SMILES string of the molecule is CCC1CN(Cc2sccc2Br)CC/C1=N\O. The Balaban J connectivity index is 1.98. The minimum atomic E-state index is 0.410. The molecule has 0 bridgehead atoms. The van der Waals surface area contributed by atoms with Gasteiger partial charge in [0.1, 0.15) is 0 Å². The normalized spacial score (nSPS) is 24.4. The molecule has 1 saturated heterocycles. The molecule has 0 saturated carbocycles. The maximum atomic E-state index is 8.94. The number of halogens is 1. The Hall–Kier alpha value is -0.390. The molecule has 94 valence electrons.